The molecule has 1 aliphatic heterocycles. The highest BCUT2D eigenvalue weighted by Crippen LogP contribution is 2.27. The molecule has 0 spiro atoms. The maximum Gasteiger partial charge on any atom is 0.255 e. The molecular weight excluding hydrogens is 430 g/mol. The second-order valence-corrected chi connectivity index (χ2v) is 9.14. The smallest absolute Gasteiger partial charge is 0.255 e. The third-order valence-corrected chi connectivity index (χ3v) is 6.87. The van der Waals surface area contributed by atoms with Gasteiger partial charge in [0.1, 0.15) is 5.75 Å². The molecule has 2 N–H and O–H groups in total. The normalized spacial score (nSPS) is 17.1. The quantitative estimate of drug-likeness (QED) is 0.671. The summed E-state index contributed by atoms with van der Waals surface area (Å²) in [7, 11) is 1.57. The number of piperidine rings is 1. The Morgan fingerprint density at radius 3 is 2.21 bits per heavy atom. The van der Waals surface area contributed by atoms with Crippen LogP contribution in [0.25, 0.3) is 0 Å². The van der Waals surface area contributed by atoms with Gasteiger partial charge in [-0.1, -0.05) is 31.4 Å². The molecule has 2 aliphatic rings. The number of hydrogen-bond donors (Lipinski definition) is 2. The highest BCUT2D eigenvalue weighted by atomic mass is 16.5. The van der Waals surface area contributed by atoms with Gasteiger partial charge >= 0.3 is 0 Å². The maximum absolute atomic E-state index is 13.0. The number of anilines is 1. The van der Waals surface area contributed by atoms with Crippen molar-refractivity contribution in [3.05, 3.63) is 59.7 Å². The topological polar surface area (TPSA) is 87.7 Å². The van der Waals surface area contributed by atoms with Crippen LogP contribution < -0.4 is 15.4 Å². The summed E-state index contributed by atoms with van der Waals surface area (Å²) in [6.07, 6.45) is 7.03. The molecule has 7 heteroatoms. The van der Waals surface area contributed by atoms with Crippen molar-refractivity contribution in [2.75, 3.05) is 25.5 Å². The second-order valence-electron chi connectivity index (χ2n) is 9.14. The number of nitrogens with one attached hydrogen (secondary N) is 2. The van der Waals surface area contributed by atoms with Gasteiger partial charge in [-0.25, -0.2) is 0 Å². The molecule has 4 rings (SSSR count). The van der Waals surface area contributed by atoms with Crippen molar-refractivity contribution in [2.24, 2.45) is 5.92 Å². The van der Waals surface area contributed by atoms with Crippen LogP contribution in [0.15, 0.2) is 48.5 Å². The van der Waals surface area contributed by atoms with Crippen LogP contribution in [0.5, 0.6) is 5.75 Å². The number of carbonyl (C=O) groups excluding carboxylic acids is 3. The van der Waals surface area contributed by atoms with E-state index >= 15 is 0 Å². The highest BCUT2D eigenvalue weighted by Gasteiger charge is 2.30. The number of rotatable bonds is 6. The summed E-state index contributed by atoms with van der Waals surface area (Å²) >= 11 is 0. The number of nitrogens with zero attached hydrogens (tertiary/aromatic N) is 1. The van der Waals surface area contributed by atoms with E-state index in [0.717, 1.165) is 38.5 Å². The van der Waals surface area contributed by atoms with Crippen LogP contribution in [-0.4, -0.2) is 48.9 Å². The Morgan fingerprint density at radius 2 is 1.53 bits per heavy atom. The van der Waals surface area contributed by atoms with Crippen LogP contribution in [0.3, 0.4) is 0 Å². The van der Waals surface area contributed by atoms with Crippen molar-refractivity contribution in [3.63, 3.8) is 0 Å². The molecule has 2 aromatic carbocycles. The number of methoxy groups -OCH3 is 1. The van der Waals surface area contributed by atoms with Crippen molar-refractivity contribution in [1.82, 2.24) is 10.2 Å². The predicted molar refractivity (Wildman–Crippen MR) is 131 cm³/mol. The number of hydrogen-bond acceptors (Lipinski definition) is 4. The van der Waals surface area contributed by atoms with Crippen molar-refractivity contribution < 1.29 is 19.1 Å². The van der Waals surface area contributed by atoms with Gasteiger partial charge in [-0.15, -0.1) is 0 Å². The Hall–Kier alpha value is -3.35. The minimum atomic E-state index is -0.294. The summed E-state index contributed by atoms with van der Waals surface area (Å²) in [5, 5.41) is 5.95. The molecule has 1 heterocycles. The number of para-hydroxylation sites is 1. The van der Waals surface area contributed by atoms with E-state index in [0.29, 0.717) is 35.7 Å². The lowest BCUT2D eigenvalue weighted by Gasteiger charge is -2.35. The Labute approximate surface area is 200 Å². The maximum atomic E-state index is 13.0. The van der Waals surface area contributed by atoms with Gasteiger partial charge in [-0.3, -0.25) is 14.4 Å². The van der Waals surface area contributed by atoms with Crippen LogP contribution in [0.4, 0.5) is 5.69 Å². The van der Waals surface area contributed by atoms with Crippen LogP contribution in [0.2, 0.25) is 0 Å². The predicted octanol–water partition coefficient (Wildman–Crippen LogP) is 4.25. The summed E-state index contributed by atoms with van der Waals surface area (Å²) in [6, 6.07) is 13.8. The number of amides is 3. The van der Waals surface area contributed by atoms with Crippen LogP contribution in [0.1, 0.15) is 65.7 Å². The molecule has 7 nitrogen and oxygen atoms in total. The summed E-state index contributed by atoms with van der Waals surface area (Å²) in [5.41, 5.74) is 1.36. The molecule has 180 valence electrons. The van der Waals surface area contributed by atoms with E-state index in [2.05, 4.69) is 10.6 Å². The molecule has 0 bridgehead atoms. The molecular formula is C27H33N3O4. The van der Waals surface area contributed by atoms with Gasteiger partial charge in [-0.2, -0.15) is 0 Å². The average Bonchev–Trinajstić information content (AvgIpc) is 2.89. The fourth-order valence-corrected chi connectivity index (χ4v) is 4.84. The molecule has 0 aromatic heterocycles. The van der Waals surface area contributed by atoms with Crippen LogP contribution in [-0.2, 0) is 4.79 Å². The largest absolute Gasteiger partial charge is 0.497 e. The Bertz CT molecular complexity index is 1010. The van der Waals surface area contributed by atoms with Gasteiger partial charge in [0.05, 0.1) is 18.4 Å². The molecule has 1 saturated heterocycles. The minimum absolute atomic E-state index is 0.00764. The zero-order valence-electron chi connectivity index (χ0n) is 19.7. The lowest BCUT2D eigenvalue weighted by atomic mass is 9.87. The molecule has 1 saturated carbocycles. The number of benzene rings is 2. The van der Waals surface area contributed by atoms with Gasteiger partial charge < -0.3 is 20.3 Å². The first-order valence-corrected chi connectivity index (χ1v) is 12.2. The first kappa shape index (κ1) is 23.8. The number of likely N-dealkylation sites (tertiary alicyclic amines) is 1. The van der Waals surface area contributed by atoms with Crippen molar-refractivity contribution >= 4 is 23.4 Å². The molecule has 3 amide bonds. The molecule has 0 unspecified atom stereocenters. The SMILES string of the molecule is COc1ccc(C(=O)Nc2ccccc2C(=O)NC2CCN(C(=O)C3CCCCC3)CC2)cc1. The van der Waals surface area contributed by atoms with Gasteiger partial charge in [-0.05, 0) is 62.1 Å². The van der Waals surface area contributed by atoms with Gasteiger partial charge in [0, 0.05) is 30.6 Å². The van der Waals surface area contributed by atoms with E-state index in [1.807, 2.05) is 4.90 Å². The summed E-state index contributed by atoms with van der Waals surface area (Å²) in [4.78, 5) is 40.5. The second kappa shape index (κ2) is 11.2. The number of ether oxygens (including phenoxy) is 1. The van der Waals surface area contributed by atoms with E-state index in [-0.39, 0.29) is 29.7 Å². The Balaban J connectivity index is 1.33. The fraction of sp³-hybridized carbons (Fsp3) is 0.444. The van der Waals surface area contributed by atoms with Crippen molar-refractivity contribution in [2.45, 2.75) is 51.0 Å². The third-order valence-electron chi connectivity index (χ3n) is 6.87. The van der Waals surface area contributed by atoms with Crippen molar-refractivity contribution in [3.8, 4) is 5.75 Å². The summed E-state index contributed by atoms with van der Waals surface area (Å²) in [5.74, 6) is 0.625. The van der Waals surface area contributed by atoms with E-state index < -0.39 is 0 Å². The molecule has 0 atom stereocenters. The zero-order chi connectivity index (χ0) is 23.9. The molecule has 2 fully saturated rings. The van der Waals surface area contributed by atoms with E-state index in [9.17, 15) is 14.4 Å². The van der Waals surface area contributed by atoms with Crippen molar-refractivity contribution in [1.29, 1.82) is 0 Å². The molecule has 2 aromatic rings. The van der Waals surface area contributed by atoms with E-state index in [1.165, 1.54) is 6.42 Å². The minimum Gasteiger partial charge on any atom is -0.497 e. The van der Waals surface area contributed by atoms with Crippen LogP contribution >= 0.6 is 0 Å². The highest BCUT2D eigenvalue weighted by molar-refractivity contribution is 6.09. The monoisotopic (exact) mass is 463 g/mol. The van der Waals surface area contributed by atoms with Gasteiger partial charge in [0.2, 0.25) is 5.91 Å². The van der Waals surface area contributed by atoms with E-state index in [1.54, 1.807) is 55.6 Å². The first-order valence-electron chi connectivity index (χ1n) is 12.2. The molecule has 1 aliphatic carbocycles. The zero-order valence-corrected chi connectivity index (χ0v) is 19.7. The lowest BCUT2D eigenvalue weighted by Crippen LogP contribution is -2.48. The van der Waals surface area contributed by atoms with Gasteiger partial charge in [0.15, 0.2) is 0 Å². The third kappa shape index (κ3) is 5.76. The molecule has 0 radical (unpaired) electrons. The van der Waals surface area contributed by atoms with Crippen LogP contribution in [0, 0.1) is 5.92 Å². The lowest BCUT2D eigenvalue weighted by molar-refractivity contribution is -0.137. The standard InChI is InChI=1S/C27H33N3O4/c1-34-22-13-11-19(12-14-22)25(31)29-24-10-6-5-9-23(24)26(32)28-21-15-17-30(18-16-21)27(33)20-7-3-2-4-8-20/h5-6,9-14,20-21H,2-4,7-8,15-18H2,1H3,(H,28,32)(H,29,31). The van der Waals surface area contributed by atoms with Gasteiger partial charge in [0.25, 0.3) is 11.8 Å². The molecule has 34 heavy (non-hydrogen) atoms. The fourth-order valence-electron chi connectivity index (χ4n) is 4.84. The Morgan fingerprint density at radius 1 is 0.853 bits per heavy atom. The first-order chi connectivity index (χ1) is 16.5. The Kier molecular flexibility index (Phi) is 7.83. The number of carbonyl (C=O) groups is 3. The average molecular weight is 464 g/mol. The summed E-state index contributed by atoms with van der Waals surface area (Å²) in [6.45, 7) is 1.35. The van der Waals surface area contributed by atoms with E-state index in [4.69, 9.17) is 4.74 Å². The summed E-state index contributed by atoms with van der Waals surface area (Å²) < 4.78 is 5.13.